The summed E-state index contributed by atoms with van der Waals surface area (Å²) in [5, 5.41) is 4.62. The highest BCUT2D eigenvalue weighted by Crippen LogP contribution is 2.20. The highest BCUT2D eigenvalue weighted by Gasteiger charge is 2.13. The van der Waals surface area contributed by atoms with E-state index in [4.69, 9.17) is 4.52 Å². The van der Waals surface area contributed by atoms with Crippen molar-refractivity contribution in [3.05, 3.63) is 75.6 Å². The summed E-state index contributed by atoms with van der Waals surface area (Å²) in [6.07, 6.45) is 0. The SMILES string of the molecule is Cc1cc(C)cc(-c2nc(Cn3c(C)nc4ccccc4c3=O)no2)c1. The maximum Gasteiger partial charge on any atom is 0.261 e. The van der Waals surface area contributed by atoms with Crippen molar-refractivity contribution >= 4 is 10.9 Å². The van der Waals surface area contributed by atoms with Gasteiger partial charge in [-0.15, -0.1) is 0 Å². The fourth-order valence-corrected chi connectivity index (χ4v) is 3.14. The maximum atomic E-state index is 12.8. The molecule has 0 aliphatic carbocycles. The van der Waals surface area contributed by atoms with E-state index >= 15 is 0 Å². The fourth-order valence-electron chi connectivity index (χ4n) is 3.14. The molecule has 0 fully saturated rings. The highest BCUT2D eigenvalue weighted by molar-refractivity contribution is 5.77. The van der Waals surface area contributed by atoms with Crippen LogP contribution >= 0.6 is 0 Å². The van der Waals surface area contributed by atoms with Crippen molar-refractivity contribution in [3.8, 4) is 11.5 Å². The zero-order valence-electron chi connectivity index (χ0n) is 14.9. The molecule has 0 atom stereocenters. The van der Waals surface area contributed by atoms with Crippen molar-refractivity contribution in [1.29, 1.82) is 0 Å². The van der Waals surface area contributed by atoms with E-state index in [0.29, 0.717) is 28.4 Å². The molecule has 0 bridgehead atoms. The van der Waals surface area contributed by atoms with E-state index in [1.165, 1.54) is 0 Å². The van der Waals surface area contributed by atoms with Gasteiger partial charge in [0, 0.05) is 5.56 Å². The minimum Gasteiger partial charge on any atom is -0.334 e. The minimum atomic E-state index is -0.106. The molecule has 6 nitrogen and oxygen atoms in total. The van der Waals surface area contributed by atoms with E-state index in [-0.39, 0.29) is 12.1 Å². The smallest absolute Gasteiger partial charge is 0.261 e. The molecule has 0 N–H and O–H groups in total. The quantitative estimate of drug-likeness (QED) is 0.568. The van der Waals surface area contributed by atoms with E-state index in [0.717, 1.165) is 16.7 Å². The molecule has 0 amide bonds. The normalized spacial score (nSPS) is 11.2. The third kappa shape index (κ3) is 2.90. The maximum absolute atomic E-state index is 12.8. The van der Waals surface area contributed by atoms with Gasteiger partial charge in [-0.25, -0.2) is 4.98 Å². The molecule has 0 saturated heterocycles. The molecular formula is C20H18N4O2. The molecule has 4 rings (SSSR count). The van der Waals surface area contributed by atoms with Crippen LogP contribution in [0.3, 0.4) is 0 Å². The zero-order valence-corrected chi connectivity index (χ0v) is 14.9. The van der Waals surface area contributed by atoms with Crippen LogP contribution in [0.1, 0.15) is 22.8 Å². The molecule has 0 saturated carbocycles. The first-order valence-electron chi connectivity index (χ1n) is 8.39. The van der Waals surface area contributed by atoms with E-state index < -0.39 is 0 Å². The summed E-state index contributed by atoms with van der Waals surface area (Å²) in [6.45, 7) is 6.07. The summed E-state index contributed by atoms with van der Waals surface area (Å²) in [6, 6.07) is 13.4. The largest absolute Gasteiger partial charge is 0.334 e. The Bertz CT molecular complexity index is 1150. The number of nitrogens with zero attached hydrogens (tertiary/aromatic N) is 4. The molecular weight excluding hydrogens is 328 g/mol. The molecule has 26 heavy (non-hydrogen) atoms. The third-order valence-electron chi connectivity index (χ3n) is 4.29. The summed E-state index contributed by atoms with van der Waals surface area (Å²) in [5.74, 6) is 1.51. The average molecular weight is 346 g/mol. The lowest BCUT2D eigenvalue weighted by molar-refractivity contribution is 0.419. The van der Waals surface area contributed by atoms with Crippen LogP contribution in [0.25, 0.3) is 22.4 Å². The van der Waals surface area contributed by atoms with Gasteiger partial charge >= 0.3 is 0 Å². The minimum absolute atomic E-state index is 0.106. The molecule has 0 radical (unpaired) electrons. The van der Waals surface area contributed by atoms with Crippen LogP contribution < -0.4 is 5.56 Å². The standard InChI is InChI=1S/C20H18N4O2/c1-12-8-13(2)10-15(9-12)19-22-18(23-26-19)11-24-14(3)21-17-7-5-4-6-16(17)20(24)25/h4-10H,11H2,1-3H3. The van der Waals surface area contributed by atoms with Crippen LogP contribution in [0.5, 0.6) is 0 Å². The molecule has 6 heteroatoms. The van der Waals surface area contributed by atoms with E-state index in [2.05, 4.69) is 21.2 Å². The Morgan fingerprint density at radius 1 is 1.00 bits per heavy atom. The number of para-hydroxylation sites is 1. The number of aromatic nitrogens is 4. The number of fused-ring (bicyclic) bond motifs is 1. The molecule has 0 aliphatic heterocycles. The van der Waals surface area contributed by atoms with Gasteiger partial charge in [-0.3, -0.25) is 9.36 Å². The van der Waals surface area contributed by atoms with E-state index in [1.807, 2.05) is 44.2 Å². The van der Waals surface area contributed by atoms with E-state index in [1.54, 1.807) is 17.6 Å². The Morgan fingerprint density at radius 2 is 1.73 bits per heavy atom. The number of benzene rings is 2. The van der Waals surface area contributed by atoms with Gasteiger partial charge in [0.1, 0.15) is 5.82 Å². The Morgan fingerprint density at radius 3 is 2.50 bits per heavy atom. The van der Waals surface area contributed by atoms with Crippen molar-refractivity contribution in [1.82, 2.24) is 19.7 Å². The molecule has 2 aromatic heterocycles. The van der Waals surface area contributed by atoms with Gasteiger partial charge in [0.05, 0.1) is 17.4 Å². The molecule has 2 heterocycles. The van der Waals surface area contributed by atoms with Gasteiger partial charge in [-0.05, 0) is 45.0 Å². The van der Waals surface area contributed by atoms with Crippen LogP contribution in [0.4, 0.5) is 0 Å². The van der Waals surface area contributed by atoms with Crippen LogP contribution in [-0.2, 0) is 6.54 Å². The Labute approximate surface area is 150 Å². The van der Waals surface area contributed by atoms with Gasteiger partial charge in [0.25, 0.3) is 11.4 Å². The monoisotopic (exact) mass is 346 g/mol. The first kappa shape index (κ1) is 16.2. The third-order valence-corrected chi connectivity index (χ3v) is 4.29. The lowest BCUT2D eigenvalue weighted by atomic mass is 10.1. The van der Waals surface area contributed by atoms with E-state index in [9.17, 15) is 4.79 Å². The van der Waals surface area contributed by atoms with Crippen LogP contribution in [0, 0.1) is 20.8 Å². The van der Waals surface area contributed by atoms with Crippen molar-refractivity contribution in [2.45, 2.75) is 27.3 Å². The van der Waals surface area contributed by atoms with Crippen molar-refractivity contribution in [2.75, 3.05) is 0 Å². The number of rotatable bonds is 3. The molecule has 4 aromatic rings. The van der Waals surface area contributed by atoms with Crippen molar-refractivity contribution in [2.24, 2.45) is 0 Å². The summed E-state index contributed by atoms with van der Waals surface area (Å²) in [7, 11) is 0. The highest BCUT2D eigenvalue weighted by atomic mass is 16.5. The Balaban J connectivity index is 1.72. The fraction of sp³-hybridized carbons (Fsp3) is 0.200. The summed E-state index contributed by atoms with van der Waals surface area (Å²) in [5.41, 5.74) is 3.72. The van der Waals surface area contributed by atoms with Gasteiger partial charge in [0.15, 0.2) is 5.82 Å². The zero-order chi connectivity index (χ0) is 18.3. The van der Waals surface area contributed by atoms with Gasteiger partial charge < -0.3 is 4.52 Å². The molecule has 0 spiro atoms. The Hall–Kier alpha value is -3.28. The molecule has 0 unspecified atom stereocenters. The Kier molecular flexibility index (Phi) is 3.88. The number of aryl methyl sites for hydroxylation is 3. The van der Waals surface area contributed by atoms with Crippen LogP contribution in [0.2, 0.25) is 0 Å². The summed E-state index contributed by atoms with van der Waals surface area (Å²) < 4.78 is 6.97. The predicted octanol–water partition coefficient (Wildman–Crippen LogP) is 3.42. The second kappa shape index (κ2) is 6.22. The van der Waals surface area contributed by atoms with Crippen LogP contribution in [-0.4, -0.2) is 19.7 Å². The second-order valence-electron chi connectivity index (χ2n) is 6.46. The first-order valence-corrected chi connectivity index (χ1v) is 8.39. The van der Waals surface area contributed by atoms with Gasteiger partial charge in [0.2, 0.25) is 0 Å². The summed E-state index contributed by atoms with van der Waals surface area (Å²) >= 11 is 0. The van der Waals surface area contributed by atoms with Gasteiger partial charge in [-0.2, -0.15) is 4.98 Å². The number of hydrogen-bond donors (Lipinski definition) is 0. The average Bonchev–Trinajstić information content (AvgIpc) is 3.06. The van der Waals surface area contributed by atoms with Crippen molar-refractivity contribution < 1.29 is 4.52 Å². The number of hydrogen-bond acceptors (Lipinski definition) is 5. The first-order chi connectivity index (χ1) is 12.5. The lowest BCUT2D eigenvalue weighted by Crippen LogP contribution is -2.24. The topological polar surface area (TPSA) is 73.8 Å². The summed E-state index contributed by atoms with van der Waals surface area (Å²) in [4.78, 5) is 21.7. The molecule has 130 valence electrons. The van der Waals surface area contributed by atoms with Crippen molar-refractivity contribution in [3.63, 3.8) is 0 Å². The second-order valence-corrected chi connectivity index (χ2v) is 6.46. The molecule has 0 aliphatic rings. The van der Waals surface area contributed by atoms with Gasteiger partial charge in [-0.1, -0.05) is 34.5 Å². The predicted molar refractivity (Wildman–Crippen MR) is 99.1 cm³/mol. The lowest BCUT2D eigenvalue weighted by Gasteiger charge is -2.08. The molecule has 2 aromatic carbocycles. The van der Waals surface area contributed by atoms with Crippen LogP contribution in [0.15, 0.2) is 51.8 Å².